The summed E-state index contributed by atoms with van der Waals surface area (Å²) in [6, 6.07) is 12.3. The average molecular weight is 272 g/mol. The van der Waals surface area contributed by atoms with Crippen molar-refractivity contribution < 1.29 is 9.21 Å². The van der Waals surface area contributed by atoms with Gasteiger partial charge < -0.3 is 14.6 Å². The molecule has 2 N–H and O–H groups in total. The minimum absolute atomic E-state index is 0.410. The number of furan rings is 1. The van der Waals surface area contributed by atoms with Gasteiger partial charge in [-0.2, -0.15) is 5.10 Å². The normalized spacial score (nSPS) is 10.5. The third-order valence-corrected chi connectivity index (χ3v) is 2.44. The summed E-state index contributed by atoms with van der Waals surface area (Å²) in [5.41, 5.74) is 3.07. The average Bonchev–Trinajstić information content (AvgIpc) is 2.89. The van der Waals surface area contributed by atoms with Crippen LogP contribution < -0.4 is 15.6 Å². The van der Waals surface area contributed by atoms with Crippen molar-refractivity contribution in [1.29, 1.82) is 0 Å². The number of nitrogens with zero attached hydrogens (tertiary/aromatic N) is 2. The van der Waals surface area contributed by atoms with Gasteiger partial charge in [0.2, 0.25) is 0 Å². The number of benzene rings is 1. The molecule has 0 saturated heterocycles. The van der Waals surface area contributed by atoms with Crippen LogP contribution in [0.15, 0.2) is 52.0 Å². The Hall–Kier alpha value is -2.76. The second kappa shape index (κ2) is 6.42. The van der Waals surface area contributed by atoms with Crippen molar-refractivity contribution in [2.75, 3.05) is 24.3 Å². The Labute approximate surface area is 117 Å². The largest absolute Gasteiger partial charge is 0.440 e. The molecule has 0 aliphatic rings. The standard InChI is InChI=1S/C14H16N4O2/c1-18(2)13-9-8-12(20-13)10-15-17-14(19)16-11-6-4-3-5-7-11/h3-10H,1-2H3,(H2,16,17,19)/b15-10+. The summed E-state index contributed by atoms with van der Waals surface area (Å²) in [7, 11) is 3.76. The third-order valence-electron chi connectivity index (χ3n) is 2.44. The van der Waals surface area contributed by atoms with Gasteiger partial charge in [-0.05, 0) is 18.2 Å². The molecule has 1 aromatic carbocycles. The monoisotopic (exact) mass is 272 g/mol. The molecule has 2 amide bonds. The smallest absolute Gasteiger partial charge is 0.339 e. The minimum Gasteiger partial charge on any atom is -0.440 e. The van der Waals surface area contributed by atoms with Gasteiger partial charge >= 0.3 is 6.03 Å². The molecule has 0 aliphatic heterocycles. The molecule has 0 saturated carbocycles. The summed E-state index contributed by atoms with van der Waals surface area (Å²) in [6.07, 6.45) is 1.44. The van der Waals surface area contributed by atoms with Gasteiger partial charge in [-0.3, -0.25) is 0 Å². The van der Waals surface area contributed by atoms with Crippen molar-refractivity contribution in [3.8, 4) is 0 Å². The van der Waals surface area contributed by atoms with E-state index in [2.05, 4.69) is 15.8 Å². The van der Waals surface area contributed by atoms with E-state index in [0.29, 0.717) is 11.4 Å². The van der Waals surface area contributed by atoms with Crippen molar-refractivity contribution in [3.63, 3.8) is 0 Å². The summed E-state index contributed by atoms with van der Waals surface area (Å²) < 4.78 is 5.45. The van der Waals surface area contributed by atoms with Crippen LogP contribution in [-0.4, -0.2) is 26.3 Å². The van der Waals surface area contributed by atoms with Gasteiger partial charge in [0.05, 0.1) is 6.21 Å². The molecule has 0 atom stereocenters. The molecule has 0 bridgehead atoms. The number of urea groups is 1. The Kier molecular flexibility index (Phi) is 4.39. The molecule has 1 heterocycles. The van der Waals surface area contributed by atoms with E-state index in [0.717, 1.165) is 5.88 Å². The van der Waals surface area contributed by atoms with Gasteiger partial charge in [-0.25, -0.2) is 10.2 Å². The van der Waals surface area contributed by atoms with Crippen LogP contribution in [0.2, 0.25) is 0 Å². The van der Waals surface area contributed by atoms with E-state index >= 15 is 0 Å². The first-order chi connectivity index (χ1) is 9.65. The van der Waals surface area contributed by atoms with E-state index in [-0.39, 0.29) is 0 Å². The molecule has 0 aliphatic carbocycles. The highest BCUT2D eigenvalue weighted by Crippen LogP contribution is 2.14. The number of hydrogen-bond donors (Lipinski definition) is 2. The van der Waals surface area contributed by atoms with Gasteiger partial charge in [0.1, 0.15) is 5.76 Å². The van der Waals surface area contributed by atoms with Crippen LogP contribution in [0.25, 0.3) is 0 Å². The fourth-order valence-electron chi connectivity index (χ4n) is 1.49. The molecular formula is C14H16N4O2. The van der Waals surface area contributed by atoms with Crippen LogP contribution in [0.5, 0.6) is 0 Å². The molecular weight excluding hydrogens is 256 g/mol. The maximum Gasteiger partial charge on any atom is 0.339 e. The summed E-state index contributed by atoms with van der Waals surface area (Å²) in [5.74, 6) is 1.29. The number of hydrogen-bond acceptors (Lipinski definition) is 4. The number of nitrogens with one attached hydrogen (secondary N) is 2. The van der Waals surface area contributed by atoms with Crippen molar-refractivity contribution in [2.24, 2.45) is 5.10 Å². The summed E-state index contributed by atoms with van der Waals surface area (Å²) >= 11 is 0. The first-order valence-electron chi connectivity index (χ1n) is 6.07. The molecule has 6 nitrogen and oxygen atoms in total. The fourth-order valence-corrected chi connectivity index (χ4v) is 1.49. The molecule has 104 valence electrons. The zero-order chi connectivity index (χ0) is 14.4. The number of hydrazone groups is 1. The number of amides is 2. The van der Waals surface area contributed by atoms with Gasteiger partial charge in [0.25, 0.3) is 0 Å². The maximum absolute atomic E-state index is 11.5. The molecule has 20 heavy (non-hydrogen) atoms. The Bertz CT molecular complexity index is 590. The van der Waals surface area contributed by atoms with E-state index in [1.807, 2.05) is 43.3 Å². The molecule has 1 aromatic heterocycles. The predicted molar refractivity (Wildman–Crippen MR) is 79.2 cm³/mol. The molecule has 6 heteroatoms. The lowest BCUT2D eigenvalue weighted by atomic mass is 10.3. The first kappa shape index (κ1) is 13.7. The highest BCUT2D eigenvalue weighted by molar-refractivity contribution is 5.90. The van der Waals surface area contributed by atoms with E-state index in [9.17, 15) is 4.79 Å². The second-order valence-corrected chi connectivity index (χ2v) is 4.26. The van der Waals surface area contributed by atoms with Crippen molar-refractivity contribution in [3.05, 3.63) is 48.2 Å². The van der Waals surface area contributed by atoms with Crippen LogP contribution in [0.4, 0.5) is 16.4 Å². The summed E-state index contributed by atoms with van der Waals surface area (Å²) in [5, 5.41) is 6.46. The molecule has 0 spiro atoms. The molecule has 0 fully saturated rings. The van der Waals surface area contributed by atoms with E-state index in [4.69, 9.17) is 4.42 Å². The minimum atomic E-state index is -0.410. The first-order valence-corrected chi connectivity index (χ1v) is 6.07. The molecule has 2 aromatic rings. The van der Waals surface area contributed by atoms with Crippen molar-refractivity contribution in [2.45, 2.75) is 0 Å². The zero-order valence-corrected chi connectivity index (χ0v) is 11.3. The van der Waals surface area contributed by atoms with Gasteiger partial charge in [-0.1, -0.05) is 18.2 Å². The van der Waals surface area contributed by atoms with E-state index in [1.165, 1.54) is 6.21 Å². The quantitative estimate of drug-likeness (QED) is 0.663. The molecule has 0 unspecified atom stereocenters. The summed E-state index contributed by atoms with van der Waals surface area (Å²) in [6.45, 7) is 0. The van der Waals surface area contributed by atoms with Crippen molar-refractivity contribution in [1.82, 2.24) is 5.43 Å². The van der Waals surface area contributed by atoms with E-state index in [1.54, 1.807) is 18.2 Å². The highest BCUT2D eigenvalue weighted by atomic mass is 16.4. The van der Waals surface area contributed by atoms with Crippen LogP contribution >= 0.6 is 0 Å². The highest BCUT2D eigenvalue weighted by Gasteiger charge is 2.02. The number of carbonyl (C=O) groups is 1. The van der Waals surface area contributed by atoms with Crippen LogP contribution in [0, 0.1) is 0 Å². The van der Waals surface area contributed by atoms with Crippen molar-refractivity contribution >= 4 is 23.8 Å². The van der Waals surface area contributed by atoms with Crippen LogP contribution in [-0.2, 0) is 0 Å². The lowest BCUT2D eigenvalue weighted by Crippen LogP contribution is -2.24. The molecule has 0 radical (unpaired) electrons. The van der Waals surface area contributed by atoms with E-state index < -0.39 is 6.03 Å². The fraction of sp³-hybridized carbons (Fsp3) is 0.143. The maximum atomic E-state index is 11.5. The number of rotatable bonds is 4. The molecule has 2 rings (SSSR count). The van der Waals surface area contributed by atoms with Crippen LogP contribution in [0.3, 0.4) is 0 Å². The Morgan fingerprint density at radius 3 is 2.60 bits per heavy atom. The number of para-hydroxylation sites is 1. The second-order valence-electron chi connectivity index (χ2n) is 4.26. The van der Waals surface area contributed by atoms with Gasteiger partial charge in [0, 0.05) is 25.8 Å². The van der Waals surface area contributed by atoms with Gasteiger partial charge in [0.15, 0.2) is 5.88 Å². The number of carbonyl (C=O) groups excluding carboxylic acids is 1. The lowest BCUT2D eigenvalue weighted by Gasteiger charge is -2.05. The van der Waals surface area contributed by atoms with Crippen LogP contribution in [0.1, 0.15) is 5.76 Å². The third kappa shape index (κ3) is 3.88. The predicted octanol–water partition coefficient (Wildman–Crippen LogP) is 2.50. The summed E-state index contributed by atoms with van der Waals surface area (Å²) in [4.78, 5) is 13.4. The Morgan fingerprint density at radius 2 is 1.95 bits per heavy atom. The van der Waals surface area contributed by atoms with Gasteiger partial charge in [-0.15, -0.1) is 0 Å². The Morgan fingerprint density at radius 1 is 1.20 bits per heavy atom. The SMILES string of the molecule is CN(C)c1ccc(/C=N/NC(=O)Nc2ccccc2)o1. The zero-order valence-electron chi connectivity index (χ0n) is 11.3. The lowest BCUT2D eigenvalue weighted by molar-refractivity contribution is 0.252. The number of anilines is 2. The Balaban J connectivity index is 1.84. The topological polar surface area (TPSA) is 69.9 Å².